The monoisotopic (exact) mass is 537 g/mol. The van der Waals surface area contributed by atoms with E-state index in [0.29, 0.717) is 5.56 Å². The topological polar surface area (TPSA) is 116 Å². The molecule has 6 rings (SSSR count). The summed E-state index contributed by atoms with van der Waals surface area (Å²) in [4.78, 5) is 57.3. The van der Waals surface area contributed by atoms with Crippen molar-refractivity contribution in [2.24, 2.45) is 0 Å². The van der Waals surface area contributed by atoms with Crippen molar-refractivity contribution >= 4 is 34.5 Å². The predicted molar refractivity (Wildman–Crippen MR) is 135 cm³/mol. The van der Waals surface area contributed by atoms with Gasteiger partial charge in [-0.25, -0.2) is 23.5 Å². The number of aromatic nitrogens is 2. The number of urea groups is 1. The normalized spacial score (nSPS) is 21.2. The van der Waals surface area contributed by atoms with E-state index in [0.717, 1.165) is 34.8 Å². The summed E-state index contributed by atoms with van der Waals surface area (Å²) in [6, 6.07) is 4.25. The number of rotatable bonds is 3. The van der Waals surface area contributed by atoms with Gasteiger partial charge in [-0.1, -0.05) is 12.1 Å². The summed E-state index contributed by atoms with van der Waals surface area (Å²) < 4.78 is 34.6. The molecule has 0 radical (unpaired) electrons. The number of amides is 4. The van der Waals surface area contributed by atoms with E-state index in [1.54, 1.807) is 20.8 Å². The van der Waals surface area contributed by atoms with Crippen molar-refractivity contribution in [2.75, 3.05) is 11.4 Å². The number of carbonyl (C=O) groups excluding carboxylic acids is 3. The van der Waals surface area contributed by atoms with Gasteiger partial charge in [-0.15, -0.1) is 0 Å². The highest BCUT2D eigenvalue weighted by atomic mass is 19.1. The van der Waals surface area contributed by atoms with Crippen LogP contribution in [0.2, 0.25) is 0 Å². The Morgan fingerprint density at radius 2 is 1.72 bits per heavy atom. The molecule has 202 valence electrons. The number of H-pyrrole nitrogens is 1. The van der Waals surface area contributed by atoms with Gasteiger partial charge < -0.3 is 9.64 Å². The van der Waals surface area contributed by atoms with E-state index in [9.17, 15) is 28.0 Å². The molecule has 1 aromatic heterocycles. The van der Waals surface area contributed by atoms with Crippen molar-refractivity contribution < 1.29 is 27.9 Å². The molecule has 0 spiro atoms. The van der Waals surface area contributed by atoms with Gasteiger partial charge in [0.25, 0.3) is 11.5 Å². The van der Waals surface area contributed by atoms with Crippen molar-refractivity contribution in [1.82, 2.24) is 20.0 Å². The first-order chi connectivity index (χ1) is 18.4. The lowest BCUT2D eigenvalue weighted by Gasteiger charge is -2.44. The van der Waals surface area contributed by atoms with Crippen molar-refractivity contribution in [3.63, 3.8) is 0 Å². The summed E-state index contributed by atoms with van der Waals surface area (Å²) in [6.45, 7) is 4.82. The lowest BCUT2D eigenvalue weighted by atomic mass is 9.87. The number of benzene rings is 2. The molecule has 12 heteroatoms. The second kappa shape index (κ2) is 8.58. The molecule has 2 fully saturated rings. The van der Waals surface area contributed by atoms with Crippen LogP contribution in [0.5, 0.6) is 0 Å². The van der Waals surface area contributed by atoms with Crippen LogP contribution in [-0.2, 0) is 9.53 Å². The molecule has 1 aliphatic carbocycles. The molecule has 3 aromatic rings. The molecule has 2 aliphatic heterocycles. The molecule has 2 atom stereocenters. The molecule has 1 N–H and O–H groups in total. The number of halogens is 2. The number of nitrogens with zero attached hydrogens (tertiary/aromatic N) is 4. The van der Waals surface area contributed by atoms with Gasteiger partial charge in [-0.3, -0.25) is 19.4 Å². The number of ether oxygens (including phenoxy) is 1. The van der Waals surface area contributed by atoms with Crippen LogP contribution in [0.15, 0.2) is 41.2 Å². The zero-order chi connectivity index (χ0) is 27.8. The number of carbonyl (C=O) groups is 3. The Morgan fingerprint density at radius 3 is 2.36 bits per heavy atom. The van der Waals surface area contributed by atoms with Gasteiger partial charge in [-0.2, -0.15) is 5.10 Å². The maximum Gasteiger partial charge on any atom is 0.415 e. The lowest BCUT2D eigenvalue weighted by Crippen LogP contribution is -2.50. The minimum Gasteiger partial charge on any atom is -0.443 e. The van der Waals surface area contributed by atoms with Gasteiger partial charge in [0.1, 0.15) is 29.8 Å². The molecule has 3 heterocycles. The van der Waals surface area contributed by atoms with Gasteiger partial charge >= 0.3 is 12.1 Å². The van der Waals surface area contributed by atoms with Crippen LogP contribution in [0.25, 0.3) is 10.8 Å². The van der Waals surface area contributed by atoms with Crippen molar-refractivity contribution in [3.8, 4) is 0 Å². The van der Waals surface area contributed by atoms with Crippen LogP contribution >= 0.6 is 0 Å². The highest BCUT2D eigenvalue weighted by Gasteiger charge is 2.54. The number of nitrogens with one attached hydrogen (secondary N) is 1. The third-order valence-corrected chi connectivity index (χ3v) is 7.07. The highest BCUT2D eigenvalue weighted by molar-refractivity contribution is 6.07. The first kappa shape index (κ1) is 25.0. The van der Waals surface area contributed by atoms with E-state index in [1.807, 2.05) is 0 Å². The van der Waals surface area contributed by atoms with Crippen molar-refractivity contribution in [1.29, 1.82) is 0 Å². The van der Waals surface area contributed by atoms with Gasteiger partial charge in [0.05, 0.1) is 22.8 Å². The molecular weight excluding hydrogens is 512 g/mol. The Hall–Kier alpha value is -4.35. The Balaban J connectivity index is 1.65. The molecule has 0 bridgehead atoms. The first-order valence-electron chi connectivity index (χ1n) is 12.6. The standard InChI is InChI=1S/C27H25F2N5O5/c1-27(2,3)39-26(38)33-18-11-15(29)10-17-20(18)21(30-31-24(17)36)23(22(33)13-4-6-14(28)7-5-13)34-19(35)12-32(25(34)37)16-8-9-16/h4-7,10-11,16,22-23H,8-9,12H2,1-3H3,(H,31,36). The van der Waals surface area contributed by atoms with E-state index >= 15 is 0 Å². The summed E-state index contributed by atoms with van der Waals surface area (Å²) >= 11 is 0. The Bertz CT molecular complexity index is 1600. The molecular formula is C27H25F2N5O5. The van der Waals surface area contributed by atoms with Crippen molar-refractivity contribution in [3.05, 3.63) is 69.6 Å². The second-order valence-corrected chi connectivity index (χ2v) is 11.0. The van der Waals surface area contributed by atoms with E-state index in [4.69, 9.17) is 4.74 Å². The molecule has 3 aliphatic rings. The number of aromatic amines is 1. The van der Waals surface area contributed by atoms with Crippen LogP contribution in [0.3, 0.4) is 0 Å². The average molecular weight is 538 g/mol. The molecule has 1 saturated carbocycles. The fraction of sp³-hybridized carbons (Fsp3) is 0.370. The molecule has 10 nitrogen and oxygen atoms in total. The molecule has 2 unspecified atom stereocenters. The molecule has 39 heavy (non-hydrogen) atoms. The Morgan fingerprint density at radius 1 is 1.03 bits per heavy atom. The van der Waals surface area contributed by atoms with Gasteiger partial charge in [0.2, 0.25) is 0 Å². The van der Waals surface area contributed by atoms with E-state index in [2.05, 4.69) is 10.2 Å². The fourth-order valence-electron chi connectivity index (χ4n) is 5.37. The second-order valence-electron chi connectivity index (χ2n) is 11.0. The maximum atomic E-state index is 14.9. The van der Waals surface area contributed by atoms with Crippen LogP contribution in [0.1, 0.15) is 57.0 Å². The Labute approximate surface area is 221 Å². The first-order valence-corrected chi connectivity index (χ1v) is 12.6. The largest absolute Gasteiger partial charge is 0.443 e. The molecule has 2 aromatic carbocycles. The SMILES string of the molecule is CC(C)(C)OC(=O)N1c2cc(F)cc3c(=O)[nH]nc(c23)C(N2C(=O)CN(C3CC3)C2=O)C1c1ccc(F)cc1. The number of imide groups is 1. The summed E-state index contributed by atoms with van der Waals surface area (Å²) in [5.41, 5.74) is -1.25. The van der Waals surface area contributed by atoms with Crippen LogP contribution < -0.4 is 10.5 Å². The zero-order valence-electron chi connectivity index (χ0n) is 21.4. The van der Waals surface area contributed by atoms with Crippen LogP contribution in [0.4, 0.5) is 24.1 Å². The third-order valence-electron chi connectivity index (χ3n) is 7.07. The zero-order valence-corrected chi connectivity index (χ0v) is 21.4. The van der Waals surface area contributed by atoms with Gasteiger partial charge in [0, 0.05) is 11.4 Å². The predicted octanol–water partition coefficient (Wildman–Crippen LogP) is 4.17. The lowest BCUT2D eigenvalue weighted by molar-refractivity contribution is -0.127. The average Bonchev–Trinajstić information content (AvgIpc) is 3.65. The summed E-state index contributed by atoms with van der Waals surface area (Å²) in [5.74, 6) is -1.85. The molecule has 1 saturated heterocycles. The minimum atomic E-state index is -1.23. The van der Waals surface area contributed by atoms with E-state index in [-0.39, 0.29) is 34.7 Å². The van der Waals surface area contributed by atoms with Gasteiger partial charge in [0.15, 0.2) is 0 Å². The fourth-order valence-corrected chi connectivity index (χ4v) is 5.37. The van der Waals surface area contributed by atoms with E-state index in [1.165, 1.54) is 29.2 Å². The summed E-state index contributed by atoms with van der Waals surface area (Å²) in [7, 11) is 0. The highest BCUT2D eigenvalue weighted by Crippen LogP contribution is 2.51. The number of hydrogen-bond acceptors (Lipinski definition) is 6. The Kier molecular flexibility index (Phi) is 5.49. The minimum absolute atomic E-state index is 0.0171. The van der Waals surface area contributed by atoms with Crippen LogP contribution in [0, 0.1) is 11.6 Å². The third kappa shape index (κ3) is 4.10. The van der Waals surface area contributed by atoms with E-state index < -0.39 is 52.9 Å². The quantitative estimate of drug-likeness (QED) is 0.502. The number of anilines is 1. The summed E-state index contributed by atoms with van der Waals surface area (Å²) in [5, 5.41) is 6.58. The van der Waals surface area contributed by atoms with Gasteiger partial charge in [-0.05, 0) is 63.4 Å². The maximum absolute atomic E-state index is 14.9. The number of hydrogen-bond donors (Lipinski definition) is 1. The molecule has 4 amide bonds. The summed E-state index contributed by atoms with van der Waals surface area (Å²) in [6.07, 6.45) is 0.635. The smallest absolute Gasteiger partial charge is 0.415 e. The van der Waals surface area contributed by atoms with Crippen molar-refractivity contribution in [2.45, 2.75) is 57.3 Å². The van der Waals surface area contributed by atoms with Crippen LogP contribution in [-0.4, -0.2) is 56.2 Å².